The third-order valence-electron chi connectivity index (χ3n) is 3.09. The molecule has 0 bridgehead atoms. The molecule has 17 heavy (non-hydrogen) atoms. The van der Waals surface area contributed by atoms with E-state index in [9.17, 15) is 0 Å². The first kappa shape index (κ1) is 14.2. The van der Waals surface area contributed by atoms with E-state index in [1.165, 1.54) is 19.3 Å². The van der Waals surface area contributed by atoms with Crippen molar-refractivity contribution in [3.63, 3.8) is 0 Å². The van der Waals surface area contributed by atoms with Gasteiger partial charge in [0.15, 0.2) is 0 Å². The van der Waals surface area contributed by atoms with Crippen molar-refractivity contribution in [2.24, 2.45) is 12.5 Å². The van der Waals surface area contributed by atoms with Gasteiger partial charge >= 0.3 is 0 Å². The summed E-state index contributed by atoms with van der Waals surface area (Å²) < 4.78 is 1.78. The highest BCUT2D eigenvalue weighted by Gasteiger charge is 2.24. The first-order valence-corrected chi connectivity index (χ1v) is 6.65. The predicted molar refractivity (Wildman–Crippen MR) is 70.9 cm³/mol. The number of rotatable bonds is 8. The highest BCUT2D eigenvalue weighted by atomic mass is 15.4. The molecule has 1 aromatic heterocycles. The molecule has 1 rings (SSSR count). The smallest absolute Gasteiger partial charge is 0.0832 e. The Kier molecular flexibility index (Phi) is 5.62. The third kappa shape index (κ3) is 4.86. The van der Waals surface area contributed by atoms with E-state index in [1.54, 1.807) is 4.68 Å². The van der Waals surface area contributed by atoms with Crippen LogP contribution in [0.3, 0.4) is 0 Å². The SMILES string of the molecule is CCCNCC(C)(CCC)Cc1cn(C)nn1. The van der Waals surface area contributed by atoms with E-state index < -0.39 is 0 Å². The van der Waals surface area contributed by atoms with Crippen molar-refractivity contribution in [2.75, 3.05) is 13.1 Å². The number of aromatic nitrogens is 3. The standard InChI is InChI=1S/C13H26N4/c1-5-7-13(3,11-14-8-6-2)9-12-10-17(4)16-15-12/h10,14H,5-9,11H2,1-4H3. The van der Waals surface area contributed by atoms with Gasteiger partial charge in [0.05, 0.1) is 5.69 Å². The van der Waals surface area contributed by atoms with Gasteiger partial charge in [0, 0.05) is 19.8 Å². The second-order valence-corrected chi connectivity index (χ2v) is 5.30. The zero-order valence-electron chi connectivity index (χ0n) is 11.7. The molecule has 1 heterocycles. The maximum Gasteiger partial charge on any atom is 0.0832 e. The zero-order chi connectivity index (χ0) is 12.7. The van der Waals surface area contributed by atoms with Crippen LogP contribution < -0.4 is 5.32 Å². The number of aryl methyl sites for hydroxylation is 1. The predicted octanol–water partition coefficient (Wildman–Crippen LogP) is 2.16. The maximum atomic E-state index is 4.20. The molecule has 1 atom stereocenters. The van der Waals surface area contributed by atoms with E-state index in [-0.39, 0.29) is 0 Å². The summed E-state index contributed by atoms with van der Waals surface area (Å²) in [5.74, 6) is 0. The van der Waals surface area contributed by atoms with Gasteiger partial charge in [-0.3, -0.25) is 4.68 Å². The third-order valence-corrected chi connectivity index (χ3v) is 3.09. The minimum Gasteiger partial charge on any atom is -0.316 e. The molecule has 4 heteroatoms. The van der Waals surface area contributed by atoms with Crippen molar-refractivity contribution in [1.29, 1.82) is 0 Å². The van der Waals surface area contributed by atoms with Crippen LogP contribution >= 0.6 is 0 Å². The summed E-state index contributed by atoms with van der Waals surface area (Å²) in [6, 6.07) is 0. The summed E-state index contributed by atoms with van der Waals surface area (Å²) in [5, 5.41) is 11.7. The highest BCUT2D eigenvalue weighted by Crippen LogP contribution is 2.26. The lowest BCUT2D eigenvalue weighted by Crippen LogP contribution is -2.34. The number of hydrogen-bond acceptors (Lipinski definition) is 3. The molecule has 0 spiro atoms. The molecule has 98 valence electrons. The molecule has 1 unspecified atom stereocenters. The monoisotopic (exact) mass is 238 g/mol. The fourth-order valence-corrected chi connectivity index (χ4v) is 2.32. The quantitative estimate of drug-likeness (QED) is 0.706. The minimum absolute atomic E-state index is 0.292. The summed E-state index contributed by atoms with van der Waals surface area (Å²) in [6.45, 7) is 8.94. The summed E-state index contributed by atoms with van der Waals surface area (Å²) in [5.41, 5.74) is 1.39. The summed E-state index contributed by atoms with van der Waals surface area (Å²) in [4.78, 5) is 0. The van der Waals surface area contributed by atoms with Gasteiger partial charge in [-0.2, -0.15) is 0 Å². The van der Waals surface area contributed by atoms with Gasteiger partial charge in [-0.1, -0.05) is 32.4 Å². The van der Waals surface area contributed by atoms with Crippen LogP contribution in [0.4, 0.5) is 0 Å². The second kappa shape index (κ2) is 6.74. The summed E-state index contributed by atoms with van der Waals surface area (Å²) in [6.07, 6.45) is 6.65. The molecule has 0 aliphatic carbocycles. The average molecular weight is 238 g/mol. The Labute approximate surface area is 105 Å². The lowest BCUT2D eigenvalue weighted by atomic mass is 9.81. The molecule has 1 N–H and O–H groups in total. The van der Waals surface area contributed by atoms with Crippen LogP contribution in [0.15, 0.2) is 6.20 Å². The van der Waals surface area contributed by atoms with Crippen molar-refractivity contribution in [3.05, 3.63) is 11.9 Å². The summed E-state index contributed by atoms with van der Waals surface area (Å²) >= 11 is 0. The molecule has 4 nitrogen and oxygen atoms in total. The molecule has 1 aromatic rings. The molecular weight excluding hydrogens is 212 g/mol. The molecular formula is C13H26N4. The first-order chi connectivity index (χ1) is 8.09. The van der Waals surface area contributed by atoms with Crippen LogP contribution in [0, 0.1) is 5.41 Å². The van der Waals surface area contributed by atoms with E-state index in [1.807, 2.05) is 13.2 Å². The molecule has 0 amide bonds. The van der Waals surface area contributed by atoms with Gasteiger partial charge in [-0.25, -0.2) is 0 Å². The lowest BCUT2D eigenvalue weighted by Gasteiger charge is -2.28. The lowest BCUT2D eigenvalue weighted by molar-refractivity contribution is 0.273. The van der Waals surface area contributed by atoms with Crippen LogP contribution in [-0.2, 0) is 13.5 Å². The molecule has 0 aliphatic rings. The fourth-order valence-electron chi connectivity index (χ4n) is 2.32. The number of hydrogen-bond donors (Lipinski definition) is 1. The Bertz CT molecular complexity index is 321. The number of nitrogens with zero attached hydrogens (tertiary/aromatic N) is 3. The molecule has 0 aromatic carbocycles. The van der Waals surface area contributed by atoms with Crippen LogP contribution in [0.5, 0.6) is 0 Å². The van der Waals surface area contributed by atoms with Crippen LogP contribution in [0.1, 0.15) is 45.7 Å². The molecule has 0 aliphatic heterocycles. The van der Waals surface area contributed by atoms with Gasteiger partial charge in [0.1, 0.15) is 0 Å². The van der Waals surface area contributed by atoms with Gasteiger partial charge in [-0.05, 0) is 31.2 Å². The maximum absolute atomic E-state index is 4.20. The first-order valence-electron chi connectivity index (χ1n) is 6.65. The minimum atomic E-state index is 0.292. The number of nitrogens with one attached hydrogen (secondary N) is 1. The van der Waals surface area contributed by atoms with Crippen molar-refractivity contribution >= 4 is 0 Å². The largest absolute Gasteiger partial charge is 0.316 e. The van der Waals surface area contributed by atoms with Crippen molar-refractivity contribution in [2.45, 2.75) is 46.5 Å². The second-order valence-electron chi connectivity index (χ2n) is 5.30. The van der Waals surface area contributed by atoms with E-state index >= 15 is 0 Å². The van der Waals surface area contributed by atoms with Crippen LogP contribution in [0.2, 0.25) is 0 Å². The molecule has 0 radical (unpaired) electrons. The van der Waals surface area contributed by atoms with Crippen molar-refractivity contribution < 1.29 is 0 Å². The van der Waals surface area contributed by atoms with Crippen molar-refractivity contribution in [3.8, 4) is 0 Å². The molecule has 0 fully saturated rings. The molecule has 0 saturated heterocycles. The topological polar surface area (TPSA) is 42.7 Å². The van der Waals surface area contributed by atoms with Gasteiger partial charge in [-0.15, -0.1) is 5.10 Å². The van der Waals surface area contributed by atoms with Gasteiger partial charge < -0.3 is 5.32 Å². The van der Waals surface area contributed by atoms with E-state index in [0.717, 1.165) is 25.2 Å². The normalized spacial score (nSPS) is 14.8. The Morgan fingerprint density at radius 2 is 2.12 bits per heavy atom. The Morgan fingerprint density at radius 1 is 1.35 bits per heavy atom. The molecule has 0 saturated carbocycles. The van der Waals surface area contributed by atoms with Crippen LogP contribution in [-0.4, -0.2) is 28.1 Å². The Morgan fingerprint density at radius 3 is 2.65 bits per heavy atom. The zero-order valence-corrected chi connectivity index (χ0v) is 11.7. The highest BCUT2D eigenvalue weighted by molar-refractivity contribution is 4.98. The van der Waals surface area contributed by atoms with E-state index in [0.29, 0.717) is 5.41 Å². The van der Waals surface area contributed by atoms with Gasteiger partial charge in [0.25, 0.3) is 0 Å². The van der Waals surface area contributed by atoms with Gasteiger partial charge in [0.2, 0.25) is 0 Å². The summed E-state index contributed by atoms with van der Waals surface area (Å²) in [7, 11) is 1.92. The van der Waals surface area contributed by atoms with E-state index in [2.05, 4.69) is 36.4 Å². The average Bonchev–Trinajstić information content (AvgIpc) is 2.64. The van der Waals surface area contributed by atoms with E-state index in [4.69, 9.17) is 0 Å². The fraction of sp³-hybridized carbons (Fsp3) is 0.846. The Hall–Kier alpha value is -0.900. The van der Waals surface area contributed by atoms with Crippen molar-refractivity contribution in [1.82, 2.24) is 20.3 Å². The van der Waals surface area contributed by atoms with Crippen LogP contribution in [0.25, 0.3) is 0 Å². The Balaban J connectivity index is 2.56.